The Hall–Kier alpha value is -2.25. The zero-order chi connectivity index (χ0) is 20.1. The molecule has 0 unspecified atom stereocenters. The van der Waals surface area contributed by atoms with Crippen LogP contribution in [0, 0.1) is 5.82 Å². The number of benzene rings is 2. The highest BCUT2D eigenvalue weighted by Crippen LogP contribution is 2.26. The smallest absolute Gasteiger partial charge is 0.251 e. The molecular formula is C21H25FN2O3S. The molecule has 0 aliphatic heterocycles. The molecule has 0 aromatic heterocycles. The molecule has 2 aromatic rings. The monoisotopic (exact) mass is 404 g/mol. The van der Waals surface area contributed by atoms with Crippen molar-refractivity contribution in [2.45, 2.75) is 49.6 Å². The number of carbonyl (C=O) groups is 1. The van der Waals surface area contributed by atoms with E-state index in [4.69, 9.17) is 0 Å². The Morgan fingerprint density at radius 3 is 2.43 bits per heavy atom. The van der Waals surface area contributed by atoms with E-state index in [-0.39, 0.29) is 29.2 Å². The maximum Gasteiger partial charge on any atom is 0.251 e. The number of nitrogens with one attached hydrogen (secondary N) is 1. The van der Waals surface area contributed by atoms with Gasteiger partial charge in [0.25, 0.3) is 5.91 Å². The van der Waals surface area contributed by atoms with E-state index in [0.717, 1.165) is 32.1 Å². The zero-order valence-electron chi connectivity index (χ0n) is 15.9. The maximum absolute atomic E-state index is 13.2. The Balaban J connectivity index is 1.65. The van der Waals surface area contributed by atoms with Crippen LogP contribution in [0.15, 0.2) is 53.4 Å². The van der Waals surface area contributed by atoms with Crippen LogP contribution < -0.4 is 5.32 Å². The first kappa shape index (κ1) is 20.5. The lowest BCUT2D eigenvalue weighted by molar-refractivity contribution is 0.0950. The SMILES string of the molecule is CN(C1CCCCC1)S(=O)(=O)c1ccc(C(=O)NCc2cccc(F)c2)cc1. The first-order chi connectivity index (χ1) is 13.4. The fourth-order valence-electron chi connectivity index (χ4n) is 3.52. The highest BCUT2D eigenvalue weighted by atomic mass is 32.2. The minimum absolute atomic E-state index is 0.0352. The highest BCUT2D eigenvalue weighted by molar-refractivity contribution is 7.89. The molecule has 7 heteroatoms. The summed E-state index contributed by atoms with van der Waals surface area (Å²) in [5.41, 5.74) is 1.01. The lowest BCUT2D eigenvalue weighted by Crippen LogP contribution is -2.38. The Morgan fingerprint density at radius 2 is 1.79 bits per heavy atom. The van der Waals surface area contributed by atoms with Gasteiger partial charge in [-0.2, -0.15) is 4.31 Å². The third-order valence-electron chi connectivity index (χ3n) is 5.22. The van der Waals surface area contributed by atoms with Crippen molar-refractivity contribution in [3.8, 4) is 0 Å². The summed E-state index contributed by atoms with van der Waals surface area (Å²) < 4.78 is 40.4. The molecule has 3 rings (SSSR count). The van der Waals surface area contributed by atoms with Gasteiger partial charge in [0.1, 0.15) is 5.82 Å². The molecule has 0 bridgehead atoms. The third-order valence-corrected chi connectivity index (χ3v) is 7.15. The highest BCUT2D eigenvalue weighted by Gasteiger charge is 2.29. The largest absolute Gasteiger partial charge is 0.348 e. The molecule has 28 heavy (non-hydrogen) atoms. The number of carbonyl (C=O) groups excluding carboxylic acids is 1. The number of hydrogen-bond donors (Lipinski definition) is 1. The quantitative estimate of drug-likeness (QED) is 0.798. The molecule has 0 spiro atoms. The van der Waals surface area contributed by atoms with Gasteiger partial charge in [0.05, 0.1) is 4.90 Å². The Bertz CT molecular complexity index is 923. The van der Waals surface area contributed by atoms with E-state index in [1.807, 2.05) is 0 Å². The molecule has 5 nitrogen and oxygen atoms in total. The fourth-order valence-corrected chi connectivity index (χ4v) is 4.93. The van der Waals surface area contributed by atoms with Crippen LogP contribution in [0.1, 0.15) is 48.0 Å². The molecule has 150 valence electrons. The third kappa shape index (κ3) is 4.77. The van der Waals surface area contributed by atoms with Gasteiger partial charge in [-0.1, -0.05) is 31.4 Å². The van der Waals surface area contributed by atoms with E-state index in [9.17, 15) is 17.6 Å². The fraction of sp³-hybridized carbons (Fsp3) is 0.381. The van der Waals surface area contributed by atoms with Gasteiger partial charge >= 0.3 is 0 Å². The molecule has 0 atom stereocenters. The van der Waals surface area contributed by atoms with E-state index in [2.05, 4.69) is 5.32 Å². The lowest BCUT2D eigenvalue weighted by Gasteiger charge is -2.30. The molecule has 1 saturated carbocycles. The molecule has 0 radical (unpaired) electrons. The molecule has 0 heterocycles. The van der Waals surface area contributed by atoms with E-state index >= 15 is 0 Å². The number of amides is 1. The molecule has 1 amide bonds. The zero-order valence-corrected chi connectivity index (χ0v) is 16.7. The maximum atomic E-state index is 13.2. The summed E-state index contributed by atoms with van der Waals surface area (Å²) in [6.45, 7) is 0.195. The van der Waals surface area contributed by atoms with Gasteiger partial charge in [-0.25, -0.2) is 12.8 Å². The number of hydrogen-bond acceptors (Lipinski definition) is 3. The van der Waals surface area contributed by atoms with E-state index in [0.29, 0.717) is 11.1 Å². The molecular weight excluding hydrogens is 379 g/mol. The summed E-state index contributed by atoms with van der Waals surface area (Å²) >= 11 is 0. The van der Waals surface area contributed by atoms with Crippen LogP contribution in [0.3, 0.4) is 0 Å². The van der Waals surface area contributed by atoms with Gasteiger partial charge < -0.3 is 5.32 Å². The minimum atomic E-state index is -3.58. The summed E-state index contributed by atoms with van der Waals surface area (Å²) in [5.74, 6) is -0.697. The van der Waals surface area contributed by atoms with Crippen LogP contribution in [0.25, 0.3) is 0 Å². The summed E-state index contributed by atoms with van der Waals surface area (Å²) in [6.07, 6.45) is 5.03. The second-order valence-electron chi connectivity index (χ2n) is 7.15. The van der Waals surface area contributed by atoms with Crippen molar-refractivity contribution in [2.24, 2.45) is 0 Å². The topological polar surface area (TPSA) is 66.5 Å². The molecule has 1 aliphatic rings. The van der Waals surface area contributed by atoms with Crippen LogP contribution in [0.2, 0.25) is 0 Å². The van der Waals surface area contributed by atoms with Crippen LogP contribution in [-0.4, -0.2) is 31.7 Å². The van der Waals surface area contributed by atoms with Crippen LogP contribution in [0.5, 0.6) is 0 Å². The molecule has 1 fully saturated rings. The Morgan fingerprint density at radius 1 is 1.11 bits per heavy atom. The molecule has 0 saturated heterocycles. The number of rotatable bonds is 6. The number of nitrogens with zero attached hydrogens (tertiary/aromatic N) is 1. The first-order valence-corrected chi connectivity index (χ1v) is 10.9. The first-order valence-electron chi connectivity index (χ1n) is 9.48. The van der Waals surface area contributed by atoms with Crippen molar-refractivity contribution in [3.63, 3.8) is 0 Å². The molecule has 1 aliphatic carbocycles. The Labute approximate surface area is 165 Å². The van der Waals surface area contributed by atoms with Crippen LogP contribution in [-0.2, 0) is 16.6 Å². The van der Waals surface area contributed by atoms with Crippen LogP contribution in [0.4, 0.5) is 4.39 Å². The molecule has 1 N–H and O–H groups in total. The summed E-state index contributed by atoms with van der Waals surface area (Å²) in [4.78, 5) is 12.5. The van der Waals surface area contributed by atoms with E-state index < -0.39 is 10.0 Å². The normalized spacial score (nSPS) is 15.5. The van der Waals surface area contributed by atoms with Crippen molar-refractivity contribution in [3.05, 3.63) is 65.5 Å². The standard InChI is InChI=1S/C21H25FN2O3S/c1-24(19-8-3-2-4-9-19)28(26,27)20-12-10-17(11-13-20)21(25)23-15-16-6-5-7-18(22)14-16/h5-7,10-14,19H,2-4,8-9,15H2,1H3,(H,23,25). The Kier molecular flexibility index (Phi) is 6.46. The van der Waals surface area contributed by atoms with E-state index in [1.54, 1.807) is 19.2 Å². The van der Waals surface area contributed by atoms with Gasteiger partial charge in [0.15, 0.2) is 0 Å². The van der Waals surface area contributed by atoms with Gasteiger partial charge in [-0.3, -0.25) is 4.79 Å². The van der Waals surface area contributed by atoms with Gasteiger partial charge in [-0.05, 0) is 54.8 Å². The summed E-state index contributed by atoms with van der Waals surface area (Å²) in [6, 6.07) is 12.0. The summed E-state index contributed by atoms with van der Waals surface area (Å²) in [7, 11) is -1.95. The van der Waals surface area contributed by atoms with Gasteiger partial charge in [-0.15, -0.1) is 0 Å². The van der Waals surface area contributed by atoms with Crippen molar-refractivity contribution >= 4 is 15.9 Å². The summed E-state index contributed by atoms with van der Waals surface area (Å²) in [5, 5.41) is 2.71. The number of sulfonamides is 1. The van der Waals surface area contributed by atoms with E-state index in [1.165, 1.54) is 40.7 Å². The number of halogens is 1. The average Bonchev–Trinajstić information content (AvgIpc) is 2.72. The minimum Gasteiger partial charge on any atom is -0.348 e. The van der Waals surface area contributed by atoms with Gasteiger partial charge in [0.2, 0.25) is 10.0 Å². The predicted molar refractivity (Wildman–Crippen MR) is 106 cm³/mol. The van der Waals surface area contributed by atoms with Crippen molar-refractivity contribution in [1.29, 1.82) is 0 Å². The van der Waals surface area contributed by atoms with Crippen molar-refractivity contribution < 1.29 is 17.6 Å². The molecule has 2 aromatic carbocycles. The lowest BCUT2D eigenvalue weighted by atomic mass is 9.96. The van der Waals surface area contributed by atoms with Crippen LogP contribution >= 0.6 is 0 Å². The second kappa shape index (κ2) is 8.84. The van der Waals surface area contributed by atoms with Gasteiger partial charge in [0, 0.05) is 25.2 Å². The second-order valence-corrected chi connectivity index (χ2v) is 9.15. The van der Waals surface area contributed by atoms with Crippen molar-refractivity contribution in [1.82, 2.24) is 9.62 Å². The van der Waals surface area contributed by atoms with Crippen molar-refractivity contribution in [2.75, 3.05) is 7.05 Å². The average molecular weight is 405 g/mol. The predicted octanol–water partition coefficient (Wildman–Crippen LogP) is 3.71.